The van der Waals surface area contributed by atoms with Crippen LogP contribution in [0.5, 0.6) is 0 Å². The first-order valence-electron chi connectivity index (χ1n) is 9.17. The minimum Gasteiger partial charge on any atom is -0.373 e. The van der Waals surface area contributed by atoms with Gasteiger partial charge in [-0.1, -0.05) is 42.5 Å². The molecule has 1 saturated heterocycles. The van der Waals surface area contributed by atoms with Crippen LogP contribution in [0.2, 0.25) is 0 Å². The van der Waals surface area contributed by atoms with Crippen molar-refractivity contribution in [2.24, 2.45) is 5.73 Å². The molecule has 2 aromatic rings. The van der Waals surface area contributed by atoms with Gasteiger partial charge < -0.3 is 16.0 Å². The second kappa shape index (κ2) is 6.89. The lowest BCUT2D eigenvalue weighted by Crippen LogP contribution is -2.45. The molecule has 2 aromatic carbocycles. The molecule has 130 valence electrons. The lowest BCUT2D eigenvalue weighted by molar-refractivity contribution is -0.132. The van der Waals surface area contributed by atoms with Gasteiger partial charge in [0, 0.05) is 31.7 Å². The van der Waals surface area contributed by atoms with Crippen LogP contribution in [-0.2, 0) is 17.8 Å². The topological polar surface area (TPSA) is 58.4 Å². The first kappa shape index (κ1) is 16.2. The molecule has 4 nitrogen and oxygen atoms in total. The summed E-state index contributed by atoms with van der Waals surface area (Å²) < 4.78 is 0. The van der Waals surface area contributed by atoms with E-state index in [0.717, 1.165) is 38.0 Å². The van der Waals surface area contributed by atoms with E-state index < -0.39 is 0 Å². The summed E-state index contributed by atoms with van der Waals surface area (Å²) in [4.78, 5) is 14.9. The minimum atomic E-state index is -0.102. The van der Waals surface area contributed by atoms with Crippen molar-refractivity contribution in [1.29, 1.82) is 0 Å². The SMILES string of the molecule is NCc1cccc(C2CCN(C(=O)C3Cc4ccccc4N3)CC2)c1. The molecule has 25 heavy (non-hydrogen) atoms. The van der Waals surface area contributed by atoms with Crippen molar-refractivity contribution in [3.05, 3.63) is 65.2 Å². The zero-order valence-corrected chi connectivity index (χ0v) is 14.4. The summed E-state index contributed by atoms with van der Waals surface area (Å²) in [6.07, 6.45) is 2.85. The van der Waals surface area contributed by atoms with Gasteiger partial charge in [0.1, 0.15) is 6.04 Å². The van der Waals surface area contributed by atoms with Crippen molar-refractivity contribution in [3.8, 4) is 0 Å². The Morgan fingerprint density at radius 2 is 1.92 bits per heavy atom. The number of nitrogens with zero attached hydrogens (tertiary/aromatic N) is 1. The Balaban J connectivity index is 1.36. The quantitative estimate of drug-likeness (QED) is 0.907. The molecule has 1 unspecified atom stereocenters. The number of fused-ring (bicyclic) bond motifs is 1. The van der Waals surface area contributed by atoms with Crippen molar-refractivity contribution in [3.63, 3.8) is 0 Å². The number of carbonyl (C=O) groups is 1. The predicted molar refractivity (Wildman–Crippen MR) is 100 cm³/mol. The summed E-state index contributed by atoms with van der Waals surface area (Å²) in [5.74, 6) is 0.773. The van der Waals surface area contributed by atoms with Crippen LogP contribution in [0.1, 0.15) is 35.4 Å². The highest BCUT2D eigenvalue weighted by Crippen LogP contribution is 2.31. The zero-order chi connectivity index (χ0) is 17.2. The average Bonchev–Trinajstić information content (AvgIpc) is 3.12. The van der Waals surface area contributed by atoms with Gasteiger partial charge in [0.25, 0.3) is 0 Å². The second-order valence-electron chi connectivity index (χ2n) is 7.11. The first-order valence-corrected chi connectivity index (χ1v) is 9.17. The average molecular weight is 335 g/mol. The number of hydrogen-bond acceptors (Lipinski definition) is 3. The Morgan fingerprint density at radius 3 is 2.68 bits per heavy atom. The molecular weight excluding hydrogens is 310 g/mol. The van der Waals surface area contributed by atoms with Crippen LogP contribution >= 0.6 is 0 Å². The molecular formula is C21H25N3O. The van der Waals surface area contributed by atoms with Gasteiger partial charge in [-0.3, -0.25) is 4.79 Å². The number of hydrogen-bond donors (Lipinski definition) is 2. The van der Waals surface area contributed by atoms with Gasteiger partial charge >= 0.3 is 0 Å². The Kier molecular flexibility index (Phi) is 4.45. The predicted octanol–water partition coefficient (Wildman–Crippen LogP) is 2.89. The molecule has 0 radical (unpaired) electrons. The van der Waals surface area contributed by atoms with Crippen LogP contribution in [-0.4, -0.2) is 29.9 Å². The van der Waals surface area contributed by atoms with E-state index in [9.17, 15) is 4.79 Å². The molecule has 2 aliphatic rings. The van der Waals surface area contributed by atoms with Crippen molar-refractivity contribution >= 4 is 11.6 Å². The van der Waals surface area contributed by atoms with Crippen molar-refractivity contribution in [1.82, 2.24) is 4.90 Å². The van der Waals surface area contributed by atoms with E-state index in [0.29, 0.717) is 12.5 Å². The van der Waals surface area contributed by atoms with E-state index in [1.54, 1.807) is 0 Å². The van der Waals surface area contributed by atoms with Gasteiger partial charge in [0.05, 0.1) is 0 Å². The Bertz CT molecular complexity index is 740. The molecule has 0 aliphatic carbocycles. The number of carbonyl (C=O) groups excluding carboxylic acids is 1. The monoisotopic (exact) mass is 335 g/mol. The summed E-state index contributed by atoms with van der Waals surface area (Å²) in [6.45, 7) is 2.26. The lowest BCUT2D eigenvalue weighted by atomic mass is 9.88. The summed E-state index contributed by atoms with van der Waals surface area (Å²) in [6, 6.07) is 16.7. The molecule has 1 fully saturated rings. The number of amides is 1. The third kappa shape index (κ3) is 3.27. The Morgan fingerprint density at radius 1 is 1.12 bits per heavy atom. The van der Waals surface area contributed by atoms with Crippen LogP contribution < -0.4 is 11.1 Å². The molecule has 1 atom stereocenters. The fourth-order valence-electron chi connectivity index (χ4n) is 4.07. The van der Waals surface area contributed by atoms with E-state index in [1.807, 2.05) is 17.0 Å². The van der Waals surface area contributed by atoms with Crippen molar-refractivity contribution < 1.29 is 4.79 Å². The number of benzene rings is 2. The van der Waals surface area contributed by atoms with Gasteiger partial charge in [-0.2, -0.15) is 0 Å². The van der Waals surface area contributed by atoms with Gasteiger partial charge in [0.15, 0.2) is 0 Å². The minimum absolute atomic E-state index is 0.102. The van der Waals surface area contributed by atoms with Crippen LogP contribution in [0.25, 0.3) is 0 Å². The van der Waals surface area contributed by atoms with Gasteiger partial charge in [0.2, 0.25) is 5.91 Å². The van der Waals surface area contributed by atoms with E-state index in [4.69, 9.17) is 5.73 Å². The van der Waals surface area contributed by atoms with E-state index in [-0.39, 0.29) is 11.9 Å². The van der Waals surface area contributed by atoms with Gasteiger partial charge in [-0.25, -0.2) is 0 Å². The Labute approximate surface area is 149 Å². The molecule has 4 heteroatoms. The second-order valence-corrected chi connectivity index (χ2v) is 7.11. The molecule has 2 heterocycles. The molecule has 0 bridgehead atoms. The third-order valence-corrected chi connectivity index (χ3v) is 5.53. The van der Waals surface area contributed by atoms with Crippen LogP contribution in [0.3, 0.4) is 0 Å². The zero-order valence-electron chi connectivity index (χ0n) is 14.4. The molecule has 4 rings (SSSR count). The first-order chi connectivity index (χ1) is 12.2. The fourth-order valence-corrected chi connectivity index (χ4v) is 4.07. The largest absolute Gasteiger partial charge is 0.373 e. The molecule has 0 saturated carbocycles. The number of nitrogens with one attached hydrogen (secondary N) is 1. The molecule has 1 amide bonds. The number of piperidine rings is 1. The Hall–Kier alpha value is -2.33. The van der Waals surface area contributed by atoms with Crippen molar-refractivity contribution in [2.75, 3.05) is 18.4 Å². The van der Waals surface area contributed by atoms with E-state index >= 15 is 0 Å². The summed E-state index contributed by atoms with van der Waals surface area (Å²) >= 11 is 0. The number of likely N-dealkylation sites (tertiary alicyclic amines) is 1. The summed E-state index contributed by atoms with van der Waals surface area (Å²) in [5.41, 5.74) is 10.7. The highest BCUT2D eigenvalue weighted by Gasteiger charge is 2.32. The normalized spacial score (nSPS) is 20.2. The van der Waals surface area contributed by atoms with E-state index in [2.05, 4.69) is 41.7 Å². The standard InChI is InChI=1S/C21H25N3O/c22-14-15-4-3-6-17(12-15)16-8-10-24(11-9-16)21(25)20-13-18-5-1-2-7-19(18)23-20/h1-7,12,16,20,23H,8-11,13-14,22H2. The smallest absolute Gasteiger partial charge is 0.245 e. The maximum atomic E-state index is 12.9. The van der Waals surface area contributed by atoms with Crippen molar-refractivity contribution in [2.45, 2.75) is 37.8 Å². The van der Waals surface area contributed by atoms with Crippen LogP contribution in [0.15, 0.2) is 48.5 Å². The molecule has 3 N–H and O–H groups in total. The maximum absolute atomic E-state index is 12.9. The number of nitrogens with two attached hydrogens (primary N) is 1. The highest BCUT2D eigenvalue weighted by atomic mass is 16.2. The summed E-state index contributed by atoms with van der Waals surface area (Å²) in [7, 11) is 0. The molecule has 0 aromatic heterocycles. The van der Waals surface area contributed by atoms with E-state index in [1.165, 1.54) is 16.7 Å². The number of para-hydroxylation sites is 1. The highest BCUT2D eigenvalue weighted by molar-refractivity contribution is 5.87. The molecule has 0 spiro atoms. The van der Waals surface area contributed by atoms with Gasteiger partial charge in [-0.15, -0.1) is 0 Å². The number of rotatable bonds is 3. The fraction of sp³-hybridized carbons (Fsp3) is 0.381. The third-order valence-electron chi connectivity index (χ3n) is 5.53. The number of anilines is 1. The van der Waals surface area contributed by atoms with Crippen LogP contribution in [0, 0.1) is 0 Å². The maximum Gasteiger partial charge on any atom is 0.245 e. The molecule has 2 aliphatic heterocycles. The summed E-state index contributed by atoms with van der Waals surface area (Å²) in [5, 5.41) is 3.38. The lowest BCUT2D eigenvalue weighted by Gasteiger charge is -2.34. The van der Waals surface area contributed by atoms with Crippen LogP contribution in [0.4, 0.5) is 5.69 Å². The van der Waals surface area contributed by atoms with Gasteiger partial charge in [-0.05, 0) is 41.5 Å².